The molecule has 0 spiro atoms. The maximum Gasteiger partial charge on any atom is 0.263 e. The number of pyridine rings is 1. The number of aryl methyl sites for hydroxylation is 1. The Hall–Kier alpha value is -3.61. The predicted octanol–water partition coefficient (Wildman–Crippen LogP) is 3.18. The fourth-order valence-corrected chi connectivity index (χ4v) is 5.76. The highest BCUT2D eigenvalue weighted by Gasteiger charge is 2.86. The van der Waals surface area contributed by atoms with E-state index in [1.807, 2.05) is 13.0 Å². The summed E-state index contributed by atoms with van der Waals surface area (Å²) in [5, 5.41) is 4.74. The zero-order chi connectivity index (χ0) is 20.7. The Balaban J connectivity index is 1.13. The van der Waals surface area contributed by atoms with Gasteiger partial charge in [-0.2, -0.15) is 4.98 Å². The second-order valence-corrected chi connectivity index (χ2v) is 8.87. The summed E-state index contributed by atoms with van der Waals surface area (Å²) < 4.78 is 6.98. The highest BCUT2D eigenvalue weighted by molar-refractivity contribution is 5.86. The molecule has 0 saturated heterocycles. The van der Waals surface area contributed by atoms with Crippen LogP contribution in [0.1, 0.15) is 29.3 Å². The standard InChI is InChI=1S/C24H19N5O2/c1-13-7-8-25-22-19(13)23(30)29(12-26-22)11-18-27-17(28-31-18)10-24-16-9-15(20(24)21(16)24)14-5-3-2-4-6-14/h2-8,12,16,21H,9-11H2,1H3/t16-,21-,24?/m1/s1. The fraction of sp³-hybridized carbons (Fsp3) is 0.292. The van der Waals surface area contributed by atoms with Crippen LogP contribution in [0.15, 0.2) is 63.8 Å². The lowest BCUT2D eigenvalue weighted by atomic mass is 10.0. The molecule has 152 valence electrons. The van der Waals surface area contributed by atoms with Gasteiger partial charge in [0.05, 0.1) is 5.39 Å². The van der Waals surface area contributed by atoms with E-state index in [1.54, 1.807) is 11.8 Å². The van der Waals surface area contributed by atoms with Crippen molar-refractivity contribution >= 4 is 16.6 Å². The van der Waals surface area contributed by atoms with Gasteiger partial charge in [-0.3, -0.25) is 9.36 Å². The molecule has 0 amide bonds. The van der Waals surface area contributed by atoms with Crippen molar-refractivity contribution in [3.63, 3.8) is 0 Å². The normalized spacial score (nSPS) is 25.2. The Morgan fingerprint density at radius 1 is 1.19 bits per heavy atom. The third kappa shape index (κ3) is 2.26. The van der Waals surface area contributed by atoms with Gasteiger partial charge in [-0.25, -0.2) is 9.97 Å². The van der Waals surface area contributed by atoms with Crippen molar-refractivity contribution in [1.82, 2.24) is 24.7 Å². The van der Waals surface area contributed by atoms with E-state index in [4.69, 9.17) is 4.52 Å². The van der Waals surface area contributed by atoms with Crippen LogP contribution in [0.25, 0.3) is 16.6 Å². The Morgan fingerprint density at radius 2 is 2.06 bits per heavy atom. The first kappa shape index (κ1) is 17.1. The molecule has 2 saturated carbocycles. The van der Waals surface area contributed by atoms with Crippen LogP contribution in [0, 0.1) is 24.2 Å². The topological polar surface area (TPSA) is 86.7 Å². The predicted molar refractivity (Wildman–Crippen MR) is 113 cm³/mol. The average molecular weight is 409 g/mol. The minimum Gasteiger partial charge on any atom is -0.337 e. The highest BCUT2D eigenvalue weighted by atomic mass is 16.5. The molecule has 4 aliphatic rings. The molecule has 2 bridgehead atoms. The van der Waals surface area contributed by atoms with Crippen molar-refractivity contribution < 1.29 is 4.52 Å². The summed E-state index contributed by atoms with van der Waals surface area (Å²) in [5.74, 6) is 2.61. The van der Waals surface area contributed by atoms with Crippen LogP contribution in [0.3, 0.4) is 0 Å². The van der Waals surface area contributed by atoms with Gasteiger partial charge in [-0.15, -0.1) is 0 Å². The molecule has 2 fully saturated rings. The lowest BCUT2D eigenvalue weighted by Crippen LogP contribution is -2.22. The number of fused-ring (bicyclic) bond motifs is 2. The van der Waals surface area contributed by atoms with Crippen molar-refractivity contribution in [3.8, 4) is 0 Å². The zero-order valence-electron chi connectivity index (χ0n) is 16.9. The van der Waals surface area contributed by atoms with Crippen LogP contribution >= 0.6 is 0 Å². The largest absolute Gasteiger partial charge is 0.337 e. The van der Waals surface area contributed by atoms with Gasteiger partial charge in [0, 0.05) is 18.0 Å². The Bertz CT molecular complexity index is 1470. The number of hydrogen-bond acceptors (Lipinski definition) is 6. The first-order valence-corrected chi connectivity index (χ1v) is 10.6. The summed E-state index contributed by atoms with van der Waals surface area (Å²) in [7, 11) is 0. The molecule has 3 aromatic heterocycles. The fourth-order valence-electron chi connectivity index (χ4n) is 5.76. The van der Waals surface area contributed by atoms with Crippen LogP contribution in [0.2, 0.25) is 0 Å². The maximum atomic E-state index is 12.9. The summed E-state index contributed by atoms with van der Waals surface area (Å²) in [5.41, 5.74) is 5.92. The van der Waals surface area contributed by atoms with E-state index < -0.39 is 0 Å². The van der Waals surface area contributed by atoms with Gasteiger partial charge in [-0.05, 0) is 47.9 Å². The summed E-state index contributed by atoms with van der Waals surface area (Å²) in [6.07, 6.45) is 5.15. The van der Waals surface area contributed by atoms with Gasteiger partial charge >= 0.3 is 0 Å². The van der Waals surface area contributed by atoms with Gasteiger partial charge in [0.25, 0.3) is 5.56 Å². The lowest BCUT2D eigenvalue weighted by molar-refractivity contribution is 0.362. The smallest absolute Gasteiger partial charge is 0.263 e. The van der Waals surface area contributed by atoms with E-state index in [0.29, 0.717) is 22.8 Å². The molecular weight excluding hydrogens is 390 g/mol. The molecule has 0 radical (unpaired) electrons. The SMILES string of the molecule is Cc1ccnc2ncn(Cc3nc(CC45C6=C(c7ccccc7)C[C@@H]4[C@H]65)no3)c(=O)c12. The molecule has 7 nitrogen and oxygen atoms in total. The molecule has 3 heterocycles. The van der Waals surface area contributed by atoms with E-state index in [9.17, 15) is 4.79 Å². The molecule has 0 N–H and O–H groups in total. The van der Waals surface area contributed by atoms with E-state index in [1.165, 1.54) is 28.5 Å². The monoisotopic (exact) mass is 409 g/mol. The molecule has 8 rings (SSSR count). The van der Waals surface area contributed by atoms with E-state index >= 15 is 0 Å². The van der Waals surface area contributed by atoms with Gasteiger partial charge in [0.1, 0.15) is 12.9 Å². The maximum absolute atomic E-state index is 12.9. The molecule has 7 heteroatoms. The molecule has 0 aliphatic heterocycles. The zero-order valence-corrected chi connectivity index (χ0v) is 16.9. The summed E-state index contributed by atoms with van der Waals surface area (Å²) >= 11 is 0. The summed E-state index contributed by atoms with van der Waals surface area (Å²) in [6.45, 7) is 2.09. The van der Waals surface area contributed by atoms with Crippen LogP contribution in [0.4, 0.5) is 0 Å². The average Bonchev–Trinajstić information content (AvgIpc) is 3.30. The number of rotatable bonds is 5. The number of benzene rings is 1. The molecule has 4 aliphatic carbocycles. The van der Waals surface area contributed by atoms with Crippen molar-refractivity contribution in [2.75, 3.05) is 0 Å². The summed E-state index contributed by atoms with van der Waals surface area (Å²) in [6, 6.07) is 12.5. The van der Waals surface area contributed by atoms with E-state index in [-0.39, 0.29) is 17.5 Å². The molecule has 31 heavy (non-hydrogen) atoms. The Kier molecular flexibility index (Phi) is 3.17. The van der Waals surface area contributed by atoms with Gasteiger partial charge < -0.3 is 4.52 Å². The van der Waals surface area contributed by atoms with Crippen LogP contribution in [-0.4, -0.2) is 24.7 Å². The first-order chi connectivity index (χ1) is 15.2. The molecule has 4 aromatic rings. The van der Waals surface area contributed by atoms with Crippen molar-refractivity contribution in [2.45, 2.75) is 26.3 Å². The Morgan fingerprint density at radius 3 is 2.90 bits per heavy atom. The third-order valence-corrected chi connectivity index (χ3v) is 7.31. The van der Waals surface area contributed by atoms with Crippen molar-refractivity contribution in [3.05, 3.63) is 87.7 Å². The third-order valence-electron chi connectivity index (χ3n) is 7.31. The van der Waals surface area contributed by atoms with Crippen molar-refractivity contribution in [2.24, 2.45) is 17.3 Å². The highest BCUT2D eigenvalue weighted by Crippen LogP contribution is 2.92. The minimum atomic E-state index is -0.144. The number of hydrogen-bond donors (Lipinski definition) is 0. The van der Waals surface area contributed by atoms with Crippen LogP contribution < -0.4 is 5.56 Å². The Labute approximate surface area is 177 Å². The lowest BCUT2D eigenvalue weighted by Gasteiger charge is -2.04. The van der Waals surface area contributed by atoms with Crippen LogP contribution in [-0.2, 0) is 13.0 Å². The number of nitrogens with zero attached hydrogens (tertiary/aromatic N) is 5. The molecule has 1 unspecified atom stereocenters. The van der Waals surface area contributed by atoms with Gasteiger partial charge in [0.15, 0.2) is 11.5 Å². The van der Waals surface area contributed by atoms with Crippen molar-refractivity contribution in [1.29, 1.82) is 0 Å². The first-order valence-electron chi connectivity index (χ1n) is 10.6. The quantitative estimate of drug-likeness (QED) is 0.503. The number of allylic oxidation sites excluding steroid dienone is 2. The van der Waals surface area contributed by atoms with E-state index in [2.05, 4.69) is 50.4 Å². The number of aromatic nitrogens is 5. The molecular formula is C24H19N5O2. The van der Waals surface area contributed by atoms with E-state index in [0.717, 1.165) is 23.7 Å². The molecule has 1 aromatic carbocycles. The second kappa shape index (κ2) is 5.75. The van der Waals surface area contributed by atoms with Gasteiger partial charge in [-0.1, -0.05) is 41.1 Å². The van der Waals surface area contributed by atoms with Crippen LogP contribution in [0.5, 0.6) is 0 Å². The summed E-state index contributed by atoms with van der Waals surface area (Å²) in [4.78, 5) is 25.9. The van der Waals surface area contributed by atoms with Gasteiger partial charge in [0.2, 0.25) is 5.89 Å². The molecule has 3 atom stereocenters. The second-order valence-electron chi connectivity index (χ2n) is 8.87. The minimum absolute atomic E-state index is 0.144.